The third-order valence-electron chi connectivity index (χ3n) is 2.82. The Morgan fingerprint density at radius 1 is 1.21 bits per heavy atom. The Bertz CT molecular complexity index is 488. The molecule has 0 unspecified atom stereocenters. The average Bonchev–Trinajstić information content (AvgIpc) is 2.88. The first kappa shape index (κ1) is 14.5. The molecule has 5 nitrogen and oxygen atoms in total. The molecule has 0 aromatic heterocycles. The molecule has 1 heterocycles. The summed E-state index contributed by atoms with van der Waals surface area (Å²) in [6.45, 7) is 3.25. The normalized spacial score (nSPS) is 16.9. The maximum atomic E-state index is 11.9. The zero-order chi connectivity index (χ0) is 13.7. The van der Waals surface area contributed by atoms with Crippen LogP contribution < -0.4 is 0 Å². The number of benzene rings is 1. The van der Waals surface area contributed by atoms with Gasteiger partial charge in [0.1, 0.15) is 0 Å². The standard InChI is InChI=1S/C13H18O5S/c1-11-4-6-12(7-5-11)19(14,15)18-8-2-3-13-16-9-10-17-13/h4-7,13H,2-3,8-10H2,1H3. The van der Waals surface area contributed by atoms with Crippen LogP contribution in [0.2, 0.25) is 0 Å². The van der Waals surface area contributed by atoms with Gasteiger partial charge in [0.25, 0.3) is 10.1 Å². The zero-order valence-electron chi connectivity index (χ0n) is 10.9. The number of hydrogen-bond donors (Lipinski definition) is 0. The Kier molecular flexibility index (Phi) is 4.93. The minimum Gasteiger partial charge on any atom is -0.350 e. The summed E-state index contributed by atoms with van der Waals surface area (Å²) in [5.74, 6) is 0. The molecule has 0 spiro atoms. The summed E-state index contributed by atoms with van der Waals surface area (Å²) in [6, 6.07) is 6.59. The van der Waals surface area contributed by atoms with Crippen LogP contribution in [0.1, 0.15) is 18.4 Å². The number of hydrogen-bond acceptors (Lipinski definition) is 5. The van der Waals surface area contributed by atoms with Crippen molar-refractivity contribution >= 4 is 10.1 Å². The summed E-state index contributed by atoms with van der Waals surface area (Å²) in [5, 5.41) is 0. The molecule has 1 aromatic rings. The van der Waals surface area contributed by atoms with Crippen LogP contribution in [0.25, 0.3) is 0 Å². The van der Waals surface area contributed by atoms with E-state index in [2.05, 4.69) is 0 Å². The predicted octanol–water partition coefficient (Wildman–Crippen LogP) is 1.85. The van der Waals surface area contributed by atoms with Crippen molar-refractivity contribution in [3.63, 3.8) is 0 Å². The molecule has 6 heteroatoms. The molecule has 19 heavy (non-hydrogen) atoms. The van der Waals surface area contributed by atoms with Gasteiger partial charge in [-0.1, -0.05) is 17.7 Å². The van der Waals surface area contributed by atoms with Crippen molar-refractivity contribution in [2.75, 3.05) is 19.8 Å². The van der Waals surface area contributed by atoms with Gasteiger partial charge in [-0.25, -0.2) is 0 Å². The number of ether oxygens (including phenoxy) is 2. The summed E-state index contributed by atoms with van der Waals surface area (Å²) >= 11 is 0. The summed E-state index contributed by atoms with van der Waals surface area (Å²) in [6.07, 6.45) is 1.00. The van der Waals surface area contributed by atoms with Crippen LogP contribution in [0.4, 0.5) is 0 Å². The third-order valence-corrected chi connectivity index (χ3v) is 4.15. The van der Waals surface area contributed by atoms with Crippen molar-refractivity contribution in [3.8, 4) is 0 Å². The molecule has 0 N–H and O–H groups in total. The van der Waals surface area contributed by atoms with Gasteiger partial charge in [-0.3, -0.25) is 4.18 Å². The molecular weight excluding hydrogens is 268 g/mol. The monoisotopic (exact) mass is 286 g/mol. The van der Waals surface area contributed by atoms with E-state index >= 15 is 0 Å². The van der Waals surface area contributed by atoms with Gasteiger partial charge in [-0.15, -0.1) is 0 Å². The van der Waals surface area contributed by atoms with Crippen LogP contribution in [-0.4, -0.2) is 34.5 Å². The van der Waals surface area contributed by atoms with Crippen molar-refractivity contribution in [1.29, 1.82) is 0 Å². The smallest absolute Gasteiger partial charge is 0.296 e. The van der Waals surface area contributed by atoms with Gasteiger partial charge in [0, 0.05) is 6.42 Å². The molecular formula is C13H18O5S. The van der Waals surface area contributed by atoms with Gasteiger partial charge in [0.15, 0.2) is 6.29 Å². The second-order valence-electron chi connectivity index (χ2n) is 4.40. The van der Waals surface area contributed by atoms with Gasteiger partial charge in [-0.05, 0) is 25.5 Å². The Balaban J connectivity index is 1.79. The number of aryl methyl sites for hydroxylation is 1. The molecule has 0 atom stereocenters. The highest BCUT2D eigenvalue weighted by atomic mass is 32.2. The fraction of sp³-hybridized carbons (Fsp3) is 0.538. The lowest BCUT2D eigenvalue weighted by Gasteiger charge is -2.09. The largest absolute Gasteiger partial charge is 0.350 e. The molecule has 1 fully saturated rings. The topological polar surface area (TPSA) is 61.8 Å². The molecule has 106 valence electrons. The average molecular weight is 286 g/mol. The van der Waals surface area contributed by atoms with Crippen molar-refractivity contribution in [3.05, 3.63) is 29.8 Å². The molecule has 0 amide bonds. The highest BCUT2D eigenvalue weighted by Crippen LogP contribution is 2.15. The van der Waals surface area contributed by atoms with Gasteiger partial charge < -0.3 is 9.47 Å². The van der Waals surface area contributed by atoms with Crippen LogP contribution in [0, 0.1) is 6.92 Å². The van der Waals surface area contributed by atoms with Gasteiger partial charge in [0.2, 0.25) is 0 Å². The molecule has 0 bridgehead atoms. The zero-order valence-corrected chi connectivity index (χ0v) is 11.7. The lowest BCUT2D eigenvalue weighted by Crippen LogP contribution is -2.11. The van der Waals surface area contributed by atoms with E-state index in [-0.39, 0.29) is 17.8 Å². The Morgan fingerprint density at radius 3 is 2.47 bits per heavy atom. The van der Waals surface area contributed by atoms with E-state index in [9.17, 15) is 8.42 Å². The Labute approximate surface area is 113 Å². The van der Waals surface area contributed by atoms with Crippen LogP contribution in [0.3, 0.4) is 0 Å². The highest BCUT2D eigenvalue weighted by molar-refractivity contribution is 7.86. The first-order chi connectivity index (χ1) is 9.08. The second kappa shape index (κ2) is 6.47. The summed E-state index contributed by atoms with van der Waals surface area (Å²) < 4.78 is 39.2. The van der Waals surface area contributed by atoms with Crippen molar-refractivity contribution in [1.82, 2.24) is 0 Å². The van der Waals surface area contributed by atoms with Crippen LogP contribution in [-0.2, 0) is 23.8 Å². The molecule has 0 aliphatic carbocycles. The number of rotatable bonds is 6. The van der Waals surface area contributed by atoms with E-state index in [1.807, 2.05) is 6.92 Å². The highest BCUT2D eigenvalue weighted by Gasteiger charge is 2.17. The minimum atomic E-state index is -3.65. The predicted molar refractivity (Wildman–Crippen MR) is 69.2 cm³/mol. The second-order valence-corrected chi connectivity index (χ2v) is 6.02. The van der Waals surface area contributed by atoms with Crippen LogP contribution in [0.5, 0.6) is 0 Å². The fourth-order valence-electron chi connectivity index (χ4n) is 1.77. The van der Waals surface area contributed by atoms with E-state index in [4.69, 9.17) is 13.7 Å². The van der Waals surface area contributed by atoms with Crippen LogP contribution >= 0.6 is 0 Å². The first-order valence-corrected chi connectivity index (χ1v) is 7.68. The molecule has 1 aromatic carbocycles. The van der Waals surface area contributed by atoms with Crippen molar-refractivity contribution in [2.24, 2.45) is 0 Å². The molecule has 1 aliphatic heterocycles. The molecule has 2 rings (SSSR count). The lowest BCUT2D eigenvalue weighted by molar-refractivity contribution is -0.0492. The Morgan fingerprint density at radius 2 is 1.84 bits per heavy atom. The van der Waals surface area contributed by atoms with Crippen molar-refractivity contribution < 1.29 is 22.1 Å². The van der Waals surface area contributed by atoms with E-state index in [1.165, 1.54) is 0 Å². The fourth-order valence-corrected chi connectivity index (χ4v) is 2.71. The van der Waals surface area contributed by atoms with E-state index in [0.717, 1.165) is 5.56 Å². The first-order valence-electron chi connectivity index (χ1n) is 6.27. The van der Waals surface area contributed by atoms with Gasteiger partial charge in [-0.2, -0.15) is 8.42 Å². The summed E-state index contributed by atoms with van der Waals surface area (Å²) in [7, 11) is -3.65. The van der Waals surface area contributed by atoms with E-state index in [0.29, 0.717) is 26.1 Å². The Hall–Kier alpha value is -0.950. The van der Waals surface area contributed by atoms with Crippen molar-refractivity contribution in [2.45, 2.75) is 31.0 Å². The molecule has 1 aliphatic rings. The van der Waals surface area contributed by atoms with E-state index < -0.39 is 10.1 Å². The maximum absolute atomic E-state index is 11.9. The quantitative estimate of drug-likeness (QED) is 0.590. The maximum Gasteiger partial charge on any atom is 0.296 e. The molecule has 0 radical (unpaired) electrons. The SMILES string of the molecule is Cc1ccc(S(=O)(=O)OCCCC2OCCO2)cc1. The summed E-state index contributed by atoms with van der Waals surface area (Å²) in [5.41, 5.74) is 1.01. The van der Waals surface area contributed by atoms with E-state index in [1.54, 1.807) is 24.3 Å². The summed E-state index contributed by atoms with van der Waals surface area (Å²) in [4.78, 5) is 0.187. The lowest BCUT2D eigenvalue weighted by atomic mass is 10.2. The molecule has 0 saturated carbocycles. The third kappa shape index (κ3) is 4.28. The van der Waals surface area contributed by atoms with Crippen LogP contribution in [0.15, 0.2) is 29.2 Å². The van der Waals surface area contributed by atoms with Gasteiger partial charge in [0.05, 0.1) is 24.7 Å². The van der Waals surface area contributed by atoms with Gasteiger partial charge >= 0.3 is 0 Å². The minimum absolute atomic E-state index is 0.138. The molecule has 1 saturated heterocycles.